The maximum Gasteiger partial charge on any atom is 0.124 e. The standard InChI is InChI=1S/C13H19N3O/c1-10-3-4-12(11(9-10)13(14)15)16-5-2-7-17-8-6-16/h3-4,9H,2,5-8H2,1H3,(H3,14,15). The van der Waals surface area contributed by atoms with Gasteiger partial charge in [-0.3, -0.25) is 5.41 Å². The minimum atomic E-state index is 0.133. The fraction of sp³-hybridized carbons (Fsp3) is 0.462. The molecule has 1 heterocycles. The van der Waals surface area contributed by atoms with Crippen LogP contribution in [0.15, 0.2) is 18.2 Å². The summed E-state index contributed by atoms with van der Waals surface area (Å²) in [7, 11) is 0. The topological polar surface area (TPSA) is 62.3 Å². The van der Waals surface area contributed by atoms with Crippen molar-refractivity contribution < 1.29 is 4.74 Å². The molecule has 0 amide bonds. The Morgan fingerprint density at radius 3 is 2.94 bits per heavy atom. The Morgan fingerprint density at radius 1 is 1.35 bits per heavy atom. The number of hydrogen-bond donors (Lipinski definition) is 2. The number of nitrogens with two attached hydrogens (primary N) is 1. The van der Waals surface area contributed by atoms with Crippen LogP contribution in [0.4, 0.5) is 5.69 Å². The fourth-order valence-electron chi connectivity index (χ4n) is 2.13. The SMILES string of the molecule is Cc1ccc(N2CCCOCC2)c(C(=N)N)c1. The smallest absolute Gasteiger partial charge is 0.124 e. The molecule has 0 radical (unpaired) electrons. The molecule has 4 nitrogen and oxygen atoms in total. The lowest BCUT2D eigenvalue weighted by molar-refractivity contribution is 0.152. The highest BCUT2D eigenvalue weighted by Crippen LogP contribution is 2.22. The van der Waals surface area contributed by atoms with E-state index in [4.69, 9.17) is 15.9 Å². The lowest BCUT2D eigenvalue weighted by atomic mass is 10.1. The second-order valence-electron chi connectivity index (χ2n) is 4.39. The van der Waals surface area contributed by atoms with Crippen LogP contribution in [0, 0.1) is 12.3 Å². The molecule has 1 aliphatic rings. The number of aryl methyl sites for hydroxylation is 1. The summed E-state index contributed by atoms with van der Waals surface area (Å²) in [6.07, 6.45) is 1.02. The number of amidine groups is 1. The van der Waals surface area contributed by atoms with Gasteiger partial charge in [-0.25, -0.2) is 0 Å². The first-order valence-corrected chi connectivity index (χ1v) is 5.96. The molecule has 0 aromatic heterocycles. The zero-order valence-electron chi connectivity index (χ0n) is 10.2. The molecular formula is C13H19N3O. The molecule has 0 saturated carbocycles. The van der Waals surface area contributed by atoms with Crippen molar-refractivity contribution in [2.45, 2.75) is 13.3 Å². The zero-order chi connectivity index (χ0) is 12.3. The summed E-state index contributed by atoms with van der Waals surface area (Å²) >= 11 is 0. The Labute approximate surface area is 102 Å². The second kappa shape index (κ2) is 5.19. The van der Waals surface area contributed by atoms with Gasteiger partial charge in [0.25, 0.3) is 0 Å². The van der Waals surface area contributed by atoms with Crippen molar-refractivity contribution in [3.63, 3.8) is 0 Å². The average Bonchev–Trinajstić information content (AvgIpc) is 2.57. The Hall–Kier alpha value is -1.55. The number of nitrogen functional groups attached to an aromatic ring is 1. The van der Waals surface area contributed by atoms with Crippen LogP contribution in [0.5, 0.6) is 0 Å². The number of benzene rings is 1. The van der Waals surface area contributed by atoms with Gasteiger partial charge in [0.05, 0.1) is 6.61 Å². The fourth-order valence-corrected chi connectivity index (χ4v) is 2.13. The van der Waals surface area contributed by atoms with Gasteiger partial charge in [-0.05, 0) is 25.5 Å². The maximum atomic E-state index is 7.67. The van der Waals surface area contributed by atoms with Crippen molar-refractivity contribution in [2.75, 3.05) is 31.2 Å². The summed E-state index contributed by atoms with van der Waals surface area (Å²) in [5.41, 5.74) is 8.66. The summed E-state index contributed by atoms with van der Waals surface area (Å²) in [5, 5.41) is 7.67. The molecular weight excluding hydrogens is 214 g/mol. The Kier molecular flexibility index (Phi) is 3.64. The van der Waals surface area contributed by atoms with Crippen LogP contribution in [0.1, 0.15) is 17.5 Å². The van der Waals surface area contributed by atoms with Crippen LogP contribution in [-0.2, 0) is 4.74 Å². The first-order valence-electron chi connectivity index (χ1n) is 5.96. The molecule has 0 spiro atoms. The molecule has 4 heteroatoms. The van der Waals surface area contributed by atoms with Gasteiger partial charge in [-0.15, -0.1) is 0 Å². The molecule has 3 N–H and O–H groups in total. The monoisotopic (exact) mass is 233 g/mol. The Bertz CT molecular complexity index is 409. The normalized spacial score (nSPS) is 16.6. The molecule has 1 aromatic carbocycles. The summed E-state index contributed by atoms with van der Waals surface area (Å²) in [5.74, 6) is 0.133. The van der Waals surface area contributed by atoms with Gasteiger partial charge < -0.3 is 15.4 Å². The molecule has 2 rings (SSSR count). The van der Waals surface area contributed by atoms with E-state index in [9.17, 15) is 0 Å². The van der Waals surface area contributed by atoms with Crippen LogP contribution < -0.4 is 10.6 Å². The highest BCUT2D eigenvalue weighted by molar-refractivity contribution is 6.00. The quantitative estimate of drug-likeness (QED) is 0.601. The van der Waals surface area contributed by atoms with Gasteiger partial charge in [0.15, 0.2) is 0 Å². The van der Waals surface area contributed by atoms with Gasteiger partial charge >= 0.3 is 0 Å². The largest absolute Gasteiger partial charge is 0.384 e. The summed E-state index contributed by atoms with van der Waals surface area (Å²) in [6, 6.07) is 6.09. The van der Waals surface area contributed by atoms with Crippen molar-refractivity contribution in [3.05, 3.63) is 29.3 Å². The summed E-state index contributed by atoms with van der Waals surface area (Å²) in [4.78, 5) is 2.25. The minimum absolute atomic E-state index is 0.133. The molecule has 92 valence electrons. The van der Waals surface area contributed by atoms with Gasteiger partial charge in [-0.2, -0.15) is 0 Å². The number of rotatable bonds is 2. The van der Waals surface area contributed by atoms with Gasteiger partial charge in [0.1, 0.15) is 5.84 Å². The van der Waals surface area contributed by atoms with Crippen molar-refractivity contribution in [1.82, 2.24) is 0 Å². The average molecular weight is 233 g/mol. The van der Waals surface area contributed by atoms with Crippen LogP contribution >= 0.6 is 0 Å². The van der Waals surface area contributed by atoms with Crippen LogP contribution in [0.25, 0.3) is 0 Å². The second-order valence-corrected chi connectivity index (χ2v) is 4.39. The number of anilines is 1. The number of ether oxygens (including phenoxy) is 1. The first kappa shape index (κ1) is 11.9. The van der Waals surface area contributed by atoms with Gasteiger partial charge in [-0.1, -0.05) is 11.6 Å². The third-order valence-corrected chi connectivity index (χ3v) is 3.01. The molecule has 1 aromatic rings. The Balaban J connectivity index is 2.32. The summed E-state index contributed by atoms with van der Waals surface area (Å²) in [6.45, 7) is 5.40. The van der Waals surface area contributed by atoms with E-state index in [0.717, 1.165) is 49.5 Å². The summed E-state index contributed by atoms with van der Waals surface area (Å²) < 4.78 is 5.44. The highest BCUT2D eigenvalue weighted by atomic mass is 16.5. The predicted octanol–water partition coefficient (Wildman–Crippen LogP) is 1.51. The van der Waals surface area contributed by atoms with Gasteiger partial charge in [0.2, 0.25) is 0 Å². The van der Waals surface area contributed by atoms with E-state index in [-0.39, 0.29) is 5.84 Å². The third kappa shape index (κ3) is 2.77. The van der Waals surface area contributed by atoms with Crippen molar-refractivity contribution in [3.8, 4) is 0 Å². The number of nitrogens with one attached hydrogen (secondary N) is 1. The first-order chi connectivity index (χ1) is 8.18. The van der Waals surface area contributed by atoms with Crippen LogP contribution in [0.3, 0.4) is 0 Å². The molecule has 1 aliphatic heterocycles. The van der Waals surface area contributed by atoms with E-state index >= 15 is 0 Å². The van der Waals surface area contributed by atoms with Crippen molar-refractivity contribution in [2.24, 2.45) is 5.73 Å². The molecule has 1 saturated heterocycles. The van der Waals surface area contributed by atoms with Gasteiger partial charge in [0, 0.05) is 30.9 Å². The number of hydrogen-bond acceptors (Lipinski definition) is 3. The van der Waals surface area contributed by atoms with E-state index < -0.39 is 0 Å². The number of nitrogens with zero attached hydrogens (tertiary/aromatic N) is 1. The lowest BCUT2D eigenvalue weighted by Gasteiger charge is -2.24. The molecule has 0 atom stereocenters. The van der Waals surface area contributed by atoms with E-state index in [1.807, 2.05) is 13.0 Å². The van der Waals surface area contributed by atoms with E-state index in [1.54, 1.807) is 0 Å². The minimum Gasteiger partial charge on any atom is -0.384 e. The van der Waals surface area contributed by atoms with Crippen molar-refractivity contribution in [1.29, 1.82) is 5.41 Å². The highest BCUT2D eigenvalue weighted by Gasteiger charge is 2.15. The zero-order valence-corrected chi connectivity index (χ0v) is 10.2. The predicted molar refractivity (Wildman–Crippen MR) is 69.8 cm³/mol. The van der Waals surface area contributed by atoms with E-state index in [0.29, 0.717) is 0 Å². The van der Waals surface area contributed by atoms with Crippen LogP contribution in [-0.4, -0.2) is 32.1 Å². The third-order valence-electron chi connectivity index (χ3n) is 3.01. The lowest BCUT2D eigenvalue weighted by Crippen LogP contribution is -2.28. The molecule has 1 fully saturated rings. The molecule has 0 unspecified atom stereocenters. The van der Waals surface area contributed by atoms with E-state index in [1.165, 1.54) is 0 Å². The maximum absolute atomic E-state index is 7.67. The van der Waals surface area contributed by atoms with Crippen molar-refractivity contribution >= 4 is 11.5 Å². The molecule has 0 aliphatic carbocycles. The van der Waals surface area contributed by atoms with Crippen LogP contribution in [0.2, 0.25) is 0 Å². The molecule has 17 heavy (non-hydrogen) atoms. The molecule has 0 bridgehead atoms. The Morgan fingerprint density at radius 2 is 2.18 bits per heavy atom. The van der Waals surface area contributed by atoms with E-state index in [2.05, 4.69) is 17.0 Å².